The molecule has 0 aliphatic carbocycles. The third-order valence-corrected chi connectivity index (χ3v) is 4.32. The zero-order valence-corrected chi connectivity index (χ0v) is 15.5. The summed E-state index contributed by atoms with van der Waals surface area (Å²) in [5.41, 5.74) is 1.79. The van der Waals surface area contributed by atoms with Gasteiger partial charge in [-0.15, -0.1) is 0 Å². The molecule has 1 aromatic rings. The number of carbonyl (C=O) groups is 2. The Hall–Kier alpha value is -2.08. The lowest BCUT2D eigenvalue weighted by molar-refractivity contribution is -0.147. The minimum atomic E-state index is -0.914. The molecule has 6 heteroatoms. The van der Waals surface area contributed by atoms with Crippen LogP contribution in [0.15, 0.2) is 18.2 Å². The van der Waals surface area contributed by atoms with Crippen LogP contribution in [0.5, 0.6) is 5.75 Å². The van der Waals surface area contributed by atoms with Crippen LogP contribution >= 0.6 is 0 Å². The van der Waals surface area contributed by atoms with E-state index in [-0.39, 0.29) is 18.8 Å². The number of rotatable bonds is 8. The van der Waals surface area contributed by atoms with Gasteiger partial charge in [0.15, 0.2) is 0 Å². The monoisotopic (exact) mass is 351 g/mol. The second-order valence-corrected chi connectivity index (χ2v) is 6.00. The van der Waals surface area contributed by atoms with Crippen LogP contribution in [0.4, 0.5) is 0 Å². The van der Waals surface area contributed by atoms with E-state index in [1.165, 1.54) is 0 Å². The minimum absolute atomic E-state index is 0.0570. The summed E-state index contributed by atoms with van der Waals surface area (Å²) in [6, 6.07) is 4.91. The van der Waals surface area contributed by atoms with Crippen LogP contribution in [0.1, 0.15) is 50.2 Å². The maximum absolute atomic E-state index is 11.8. The van der Waals surface area contributed by atoms with Crippen molar-refractivity contribution in [3.8, 4) is 5.75 Å². The number of aliphatic carboxylic acids is 2. The van der Waals surface area contributed by atoms with Crippen molar-refractivity contribution in [1.29, 1.82) is 0 Å². The SMILES string of the molecule is CC.COc1cc(C)cc(C(CCC(=O)O)C(C(=O)O)N2CCC2)c1. The molecule has 2 atom stereocenters. The number of methoxy groups -OCH3 is 1. The van der Waals surface area contributed by atoms with Crippen molar-refractivity contribution in [2.45, 2.75) is 52.0 Å². The van der Waals surface area contributed by atoms with E-state index < -0.39 is 18.0 Å². The first-order valence-electron chi connectivity index (χ1n) is 8.76. The fourth-order valence-corrected chi connectivity index (χ4v) is 3.10. The highest BCUT2D eigenvalue weighted by Crippen LogP contribution is 2.33. The highest BCUT2D eigenvalue weighted by molar-refractivity contribution is 5.75. The minimum Gasteiger partial charge on any atom is -0.497 e. The molecule has 1 saturated heterocycles. The molecular weight excluding hydrogens is 322 g/mol. The fraction of sp³-hybridized carbons (Fsp3) is 0.579. The summed E-state index contributed by atoms with van der Waals surface area (Å²) < 4.78 is 5.28. The van der Waals surface area contributed by atoms with Gasteiger partial charge < -0.3 is 14.9 Å². The number of hydrogen-bond donors (Lipinski definition) is 2. The topological polar surface area (TPSA) is 87.1 Å². The summed E-state index contributed by atoms with van der Waals surface area (Å²) in [7, 11) is 1.56. The molecule has 1 aliphatic heterocycles. The Morgan fingerprint density at radius 2 is 1.84 bits per heavy atom. The number of carboxylic acid groups (broad SMARTS) is 2. The zero-order chi connectivity index (χ0) is 19.0. The summed E-state index contributed by atoms with van der Waals surface area (Å²) in [6.07, 6.45) is 1.21. The molecule has 1 fully saturated rings. The standard InChI is InChI=1S/C17H23NO5.C2H6/c1-11-8-12(10-13(9-11)23-2)14(4-5-15(19)20)16(17(21)22)18-6-3-7-18;1-2/h8-10,14,16H,3-7H2,1-2H3,(H,19,20)(H,21,22);1-2H3. The molecule has 1 aromatic carbocycles. The number of likely N-dealkylation sites (tertiary alicyclic amines) is 1. The van der Waals surface area contributed by atoms with Gasteiger partial charge in [0.1, 0.15) is 11.8 Å². The Balaban J connectivity index is 0.00000151. The maximum atomic E-state index is 11.8. The number of nitrogens with zero attached hydrogens (tertiary/aromatic N) is 1. The number of carboxylic acids is 2. The molecule has 1 heterocycles. The first-order chi connectivity index (χ1) is 11.9. The maximum Gasteiger partial charge on any atom is 0.321 e. The predicted octanol–water partition coefficient (Wildman–Crippen LogP) is 3.14. The summed E-state index contributed by atoms with van der Waals surface area (Å²) in [5, 5.41) is 18.7. The lowest BCUT2D eigenvalue weighted by Gasteiger charge is -2.40. The smallest absolute Gasteiger partial charge is 0.321 e. The van der Waals surface area contributed by atoms with Crippen LogP contribution in [0.25, 0.3) is 0 Å². The molecule has 0 spiro atoms. The third-order valence-electron chi connectivity index (χ3n) is 4.32. The van der Waals surface area contributed by atoms with Gasteiger partial charge in [-0.2, -0.15) is 0 Å². The van der Waals surface area contributed by atoms with Gasteiger partial charge in [-0.25, -0.2) is 0 Å². The van der Waals surface area contributed by atoms with Crippen molar-refractivity contribution in [2.75, 3.05) is 20.2 Å². The Bertz CT molecular complexity index is 583. The Morgan fingerprint density at radius 3 is 2.28 bits per heavy atom. The van der Waals surface area contributed by atoms with Gasteiger partial charge in [0, 0.05) is 25.4 Å². The molecular formula is C19H29NO5. The normalized spacial score (nSPS) is 16.0. The Labute approximate surface area is 149 Å². The van der Waals surface area contributed by atoms with E-state index in [2.05, 4.69) is 0 Å². The summed E-state index contributed by atoms with van der Waals surface area (Å²) >= 11 is 0. The molecule has 1 aliphatic rings. The Kier molecular flexibility index (Phi) is 8.41. The summed E-state index contributed by atoms with van der Waals surface area (Å²) in [4.78, 5) is 24.7. The first-order valence-corrected chi connectivity index (χ1v) is 8.76. The third kappa shape index (κ3) is 5.74. The van der Waals surface area contributed by atoms with Crippen LogP contribution < -0.4 is 4.74 Å². The van der Waals surface area contributed by atoms with E-state index in [1.54, 1.807) is 7.11 Å². The van der Waals surface area contributed by atoms with Crippen molar-refractivity contribution >= 4 is 11.9 Å². The van der Waals surface area contributed by atoms with Crippen molar-refractivity contribution in [3.05, 3.63) is 29.3 Å². The summed E-state index contributed by atoms with van der Waals surface area (Å²) in [6.45, 7) is 7.40. The molecule has 0 amide bonds. The van der Waals surface area contributed by atoms with Crippen molar-refractivity contribution < 1.29 is 24.5 Å². The van der Waals surface area contributed by atoms with Gasteiger partial charge in [-0.05, 0) is 43.0 Å². The fourth-order valence-electron chi connectivity index (χ4n) is 3.10. The molecule has 2 rings (SSSR count). The number of hydrogen-bond acceptors (Lipinski definition) is 4. The van der Waals surface area contributed by atoms with E-state index in [9.17, 15) is 14.7 Å². The Morgan fingerprint density at radius 1 is 1.20 bits per heavy atom. The number of benzene rings is 1. The molecule has 25 heavy (non-hydrogen) atoms. The van der Waals surface area contributed by atoms with Gasteiger partial charge in [-0.1, -0.05) is 19.9 Å². The van der Waals surface area contributed by atoms with E-state index in [1.807, 2.05) is 43.9 Å². The predicted molar refractivity (Wildman–Crippen MR) is 96.3 cm³/mol. The van der Waals surface area contributed by atoms with E-state index in [0.29, 0.717) is 5.75 Å². The van der Waals surface area contributed by atoms with Gasteiger partial charge in [0.05, 0.1) is 7.11 Å². The number of aryl methyl sites for hydroxylation is 1. The number of ether oxygens (including phenoxy) is 1. The van der Waals surface area contributed by atoms with Crippen molar-refractivity contribution in [1.82, 2.24) is 4.90 Å². The van der Waals surface area contributed by atoms with Gasteiger partial charge in [-0.3, -0.25) is 14.5 Å². The van der Waals surface area contributed by atoms with Crippen molar-refractivity contribution in [2.24, 2.45) is 0 Å². The van der Waals surface area contributed by atoms with Crippen LogP contribution in [-0.2, 0) is 9.59 Å². The van der Waals surface area contributed by atoms with Crippen molar-refractivity contribution in [3.63, 3.8) is 0 Å². The van der Waals surface area contributed by atoms with Gasteiger partial charge >= 0.3 is 11.9 Å². The molecule has 0 radical (unpaired) electrons. The highest BCUT2D eigenvalue weighted by atomic mass is 16.5. The van der Waals surface area contributed by atoms with E-state index in [4.69, 9.17) is 9.84 Å². The van der Waals surface area contributed by atoms with Crippen LogP contribution in [-0.4, -0.2) is 53.3 Å². The van der Waals surface area contributed by atoms with Gasteiger partial charge in [0.25, 0.3) is 0 Å². The molecule has 0 bridgehead atoms. The second kappa shape index (κ2) is 10.0. The lowest BCUT2D eigenvalue weighted by Crippen LogP contribution is -2.52. The molecule has 0 aromatic heterocycles. The summed E-state index contributed by atoms with van der Waals surface area (Å²) in [5.74, 6) is -1.53. The van der Waals surface area contributed by atoms with Gasteiger partial charge in [0.2, 0.25) is 0 Å². The highest BCUT2D eigenvalue weighted by Gasteiger charge is 2.37. The van der Waals surface area contributed by atoms with Crippen LogP contribution in [0.2, 0.25) is 0 Å². The van der Waals surface area contributed by atoms with Crippen LogP contribution in [0, 0.1) is 6.92 Å². The average Bonchev–Trinajstić information content (AvgIpc) is 2.53. The van der Waals surface area contributed by atoms with E-state index >= 15 is 0 Å². The van der Waals surface area contributed by atoms with Crippen LogP contribution in [0.3, 0.4) is 0 Å². The largest absolute Gasteiger partial charge is 0.497 e. The second-order valence-electron chi connectivity index (χ2n) is 6.00. The zero-order valence-electron chi connectivity index (χ0n) is 15.5. The lowest BCUT2D eigenvalue weighted by atomic mass is 9.84. The molecule has 2 unspecified atom stereocenters. The first kappa shape index (κ1) is 21.0. The average molecular weight is 351 g/mol. The molecule has 0 saturated carbocycles. The quantitative estimate of drug-likeness (QED) is 0.748. The molecule has 6 nitrogen and oxygen atoms in total. The van der Waals surface area contributed by atoms with E-state index in [0.717, 1.165) is 30.6 Å². The molecule has 2 N–H and O–H groups in total. The molecule has 140 valence electrons.